The van der Waals surface area contributed by atoms with Crippen molar-refractivity contribution >= 4 is 48.6 Å². The van der Waals surface area contributed by atoms with Crippen LogP contribution in [0.25, 0.3) is 53.6 Å². The number of rotatable bonds is 6. The largest absolute Gasteiger partial charge is 0.310 e. The molecule has 10 aromatic rings. The summed E-state index contributed by atoms with van der Waals surface area (Å²) in [5.74, 6) is 0. The summed E-state index contributed by atoms with van der Waals surface area (Å²) >= 11 is 1.88. The van der Waals surface area contributed by atoms with Crippen LogP contribution in [0, 0.1) is 0 Å². The number of fused-ring (bicyclic) bond motifs is 9. The molecule has 0 aliphatic heterocycles. The van der Waals surface area contributed by atoms with Gasteiger partial charge in [0.1, 0.15) is 0 Å². The van der Waals surface area contributed by atoms with Crippen molar-refractivity contribution < 1.29 is 0 Å². The van der Waals surface area contributed by atoms with Crippen molar-refractivity contribution in [3.8, 4) is 33.4 Å². The van der Waals surface area contributed by atoms with Gasteiger partial charge in [0.2, 0.25) is 0 Å². The van der Waals surface area contributed by atoms with Gasteiger partial charge in [-0.25, -0.2) is 0 Å². The molecule has 2 heteroatoms. The van der Waals surface area contributed by atoms with Crippen molar-refractivity contribution in [3.05, 3.63) is 246 Å². The summed E-state index contributed by atoms with van der Waals surface area (Å²) in [6.45, 7) is 4.73. The Morgan fingerprint density at radius 2 is 0.850 bits per heavy atom. The maximum absolute atomic E-state index is 2.48. The zero-order valence-electron chi connectivity index (χ0n) is 33.6. The van der Waals surface area contributed by atoms with Crippen LogP contribution in [0.3, 0.4) is 0 Å². The summed E-state index contributed by atoms with van der Waals surface area (Å²) in [4.78, 5) is 2.44. The normalized spacial score (nSPS) is 14.1. The maximum Gasteiger partial charge on any atom is 0.0713 e. The second-order valence-electron chi connectivity index (χ2n) is 16.8. The topological polar surface area (TPSA) is 3.24 Å². The molecule has 0 radical (unpaired) electrons. The fourth-order valence-corrected chi connectivity index (χ4v) is 11.6. The second kappa shape index (κ2) is 13.3. The molecule has 0 N–H and O–H groups in total. The van der Waals surface area contributed by atoms with Gasteiger partial charge in [0.15, 0.2) is 0 Å². The molecule has 1 aromatic heterocycles. The molecule has 284 valence electrons. The van der Waals surface area contributed by atoms with Gasteiger partial charge in [-0.2, -0.15) is 0 Å². The molecule has 1 heterocycles. The lowest BCUT2D eigenvalue weighted by Gasteiger charge is -2.34. The molecule has 2 aliphatic carbocycles. The van der Waals surface area contributed by atoms with E-state index >= 15 is 0 Å². The fraction of sp³-hybridized carbons (Fsp3) is 0.0690. The fourth-order valence-electron chi connectivity index (χ4n) is 10.6. The highest BCUT2D eigenvalue weighted by Crippen LogP contribution is 2.57. The zero-order valence-corrected chi connectivity index (χ0v) is 34.4. The van der Waals surface area contributed by atoms with Crippen LogP contribution in [0.4, 0.5) is 17.1 Å². The van der Waals surface area contributed by atoms with Crippen molar-refractivity contribution in [1.82, 2.24) is 0 Å². The maximum atomic E-state index is 2.48. The van der Waals surface area contributed by atoms with Crippen LogP contribution >= 0.6 is 11.3 Å². The number of thiophene rings is 1. The van der Waals surface area contributed by atoms with Crippen molar-refractivity contribution in [2.24, 2.45) is 0 Å². The number of hydrogen-bond acceptors (Lipinski definition) is 2. The van der Waals surface area contributed by atoms with Crippen LogP contribution in [-0.4, -0.2) is 0 Å². The Morgan fingerprint density at radius 3 is 1.55 bits per heavy atom. The van der Waals surface area contributed by atoms with E-state index in [0.717, 1.165) is 17.1 Å². The first-order valence-electron chi connectivity index (χ1n) is 20.9. The molecule has 0 saturated carbocycles. The molecule has 0 spiro atoms. The van der Waals surface area contributed by atoms with Crippen LogP contribution in [0.2, 0.25) is 0 Å². The van der Waals surface area contributed by atoms with Gasteiger partial charge in [-0.15, -0.1) is 11.3 Å². The van der Waals surface area contributed by atoms with E-state index in [-0.39, 0.29) is 5.41 Å². The predicted octanol–water partition coefficient (Wildman–Crippen LogP) is 15.9. The van der Waals surface area contributed by atoms with Crippen molar-refractivity contribution in [2.75, 3.05) is 4.90 Å². The van der Waals surface area contributed by atoms with Gasteiger partial charge in [-0.1, -0.05) is 172 Å². The lowest BCUT2D eigenvalue weighted by molar-refractivity contribution is 0.660. The summed E-state index contributed by atoms with van der Waals surface area (Å²) in [5.41, 5.74) is 18.4. The lowest BCUT2D eigenvalue weighted by atomic mass is 9.67. The van der Waals surface area contributed by atoms with Gasteiger partial charge in [0.05, 0.1) is 5.41 Å². The zero-order chi connectivity index (χ0) is 40.0. The molecule has 0 fully saturated rings. The van der Waals surface area contributed by atoms with E-state index in [0.29, 0.717) is 0 Å². The highest BCUT2D eigenvalue weighted by molar-refractivity contribution is 7.25. The predicted molar refractivity (Wildman–Crippen MR) is 254 cm³/mol. The highest BCUT2D eigenvalue weighted by Gasteiger charge is 2.46. The molecule has 0 bridgehead atoms. The number of hydrogen-bond donors (Lipinski definition) is 0. The quantitative estimate of drug-likeness (QED) is 0.162. The van der Waals surface area contributed by atoms with Gasteiger partial charge in [-0.3, -0.25) is 0 Å². The van der Waals surface area contributed by atoms with E-state index in [1.54, 1.807) is 0 Å². The molecule has 0 atom stereocenters. The van der Waals surface area contributed by atoms with Crippen LogP contribution in [-0.2, 0) is 10.8 Å². The number of benzene rings is 9. The standard InChI is InChI=1S/C58H41NS/c1-57(2)51-20-10-6-16-45(51)48-34-33-44(37-54(48)57)59(42-29-24-39(25-30-42)38-14-4-3-5-15-38)43-31-26-40(27-32-43)58(52-21-11-7-17-46(52)47-18-8-12-22-53(47)58)41-28-35-56-50(36-41)49-19-9-13-23-55(49)60-56/h3-37H,1-2H3. The highest BCUT2D eigenvalue weighted by atomic mass is 32.1. The van der Waals surface area contributed by atoms with Crippen molar-refractivity contribution in [2.45, 2.75) is 24.7 Å². The summed E-state index contributed by atoms with van der Waals surface area (Å²) in [6, 6.07) is 79.3. The van der Waals surface area contributed by atoms with Crippen molar-refractivity contribution in [1.29, 1.82) is 0 Å². The first-order valence-corrected chi connectivity index (χ1v) is 21.7. The lowest BCUT2D eigenvalue weighted by Crippen LogP contribution is -2.28. The molecule has 1 nitrogen and oxygen atoms in total. The van der Waals surface area contributed by atoms with E-state index in [1.165, 1.54) is 86.9 Å². The number of anilines is 3. The SMILES string of the molecule is CC1(C)c2ccccc2-c2ccc(N(c3ccc(-c4ccccc4)cc3)c3ccc(C4(c5ccc6sc7ccccc7c6c5)c5ccccc5-c5ccccc54)cc3)cc21. The number of nitrogens with zero attached hydrogens (tertiary/aromatic N) is 1. The second-order valence-corrected chi connectivity index (χ2v) is 17.9. The van der Waals surface area contributed by atoms with E-state index in [4.69, 9.17) is 0 Å². The first kappa shape index (κ1) is 35.0. The van der Waals surface area contributed by atoms with E-state index in [2.05, 4.69) is 231 Å². The Hall–Kier alpha value is -7.00. The molecule has 9 aromatic carbocycles. The van der Waals surface area contributed by atoms with Gasteiger partial charge in [-0.05, 0) is 121 Å². The molecule has 0 saturated heterocycles. The molecular weight excluding hydrogens is 743 g/mol. The molecule has 0 amide bonds. The average Bonchev–Trinajstić information content (AvgIpc) is 3.91. The van der Waals surface area contributed by atoms with Gasteiger partial charge >= 0.3 is 0 Å². The first-order chi connectivity index (χ1) is 29.5. The van der Waals surface area contributed by atoms with E-state index < -0.39 is 5.41 Å². The van der Waals surface area contributed by atoms with Gasteiger partial charge in [0, 0.05) is 42.6 Å². The smallest absolute Gasteiger partial charge is 0.0713 e. The monoisotopic (exact) mass is 783 g/mol. The minimum absolute atomic E-state index is 0.112. The Labute approximate surface area is 355 Å². The van der Waals surface area contributed by atoms with E-state index in [9.17, 15) is 0 Å². The van der Waals surface area contributed by atoms with Crippen LogP contribution in [0.5, 0.6) is 0 Å². The Balaban J connectivity index is 1.05. The average molecular weight is 784 g/mol. The van der Waals surface area contributed by atoms with Gasteiger partial charge < -0.3 is 4.90 Å². The summed E-state index contributed by atoms with van der Waals surface area (Å²) in [7, 11) is 0. The summed E-state index contributed by atoms with van der Waals surface area (Å²) < 4.78 is 2.64. The van der Waals surface area contributed by atoms with Crippen LogP contribution in [0.1, 0.15) is 47.2 Å². The summed E-state index contributed by atoms with van der Waals surface area (Å²) in [5, 5.41) is 2.64. The molecule has 0 unspecified atom stereocenters. The minimum atomic E-state index is -0.505. The van der Waals surface area contributed by atoms with Crippen LogP contribution < -0.4 is 4.90 Å². The van der Waals surface area contributed by atoms with E-state index in [1.807, 2.05) is 11.3 Å². The van der Waals surface area contributed by atoms with Gasteiger partial charge in [0.25, 0.3) is 0 Å². The Morgan fingerprint density at radius 1 is 0.350 bits per heavy atom. The molecule has 2 aliphatic rings. The third kappa shape index (κ3) is 5.04. The molecule has 60 heavy (non-hydrogen) atoms. The van der Waals surface area contributed by atoms with Crippen LogP contribution in [0.15, 0.2) is 212 Å². The molecule has 12 rings (SSSR count). The van der Waals surface area contributed by atoms with Crippen molar-refractivity contribution in [3.63, 3.8) is 0 Å². The summed E-state index contributed by atoms with van der Waals surface area (Å²) in [6.07, 6.45) is 0. The Kier molecular flexibility index (Phi) is 7.73. The third-order valence-corrected chi connectivity index (χ3v) is 14.5. The Bertz CT molecular complexity index is 3230. The third-order valence-electron chi connectivity index (χ3n) is 13.4. The minimum Gasteiger partial charge on any atom is -0.310 e. The molecular formula is C58H41NS.